The predicted molar refractivity (Wildman–Crippen MR) is 66.4 cm³/mol. The van der Waals surface area contributed by atoms with Crippen molar-refractivity contribution in [2.75, 3.05) is 0 Å². The molecule has 0 aliphatic carbocycles. The Labute approximate surface area is 107 Å². The van der Waals surface area contributed by atoms with Crippen molar-refractivity contribution in [1.82, 2.24) is 0 Å². The average molecular weight is 270 g/mol. The second-order valence-corrected chi connectivity index (χ2v) is 6.84. The van der Waals surface area contributed by atoms with E-state index in [-0.39, 0.29) is 16.4 Å². The SMILES string of the molecule is CC(C)(C)[C+]1CC(C)(C)C(C)(C)O1.F[B-](F)(F)F. The van der Waals surface area contributed by atoms with Gasteiger partial charge in [0.05, 0.1) is 0 Å². The fourth-order valence-electron chi connectivity index (χ4n) is 1.51. The van der Waals surface area contributed by atoms with Gasteiger partial charge in [0, 0.05) is 5.41 Å². The van der Waals surface area contributed by atoms with Crippen LogP contribution in [0, 0.1) is 16.9 Å². The van der Waals surface area contributed by atoms with Crippen molar-refractivity contribution in [3.8, 4) is 0 Å². The maximum atomic E-state index is 9.75. The third-order valence-electron chi connectivity index (χ3n) is 3.45. The molecule has 0 saturated carbocycles. The summed E-state index contributed by atoms with van der Waals surface area (Å²) in [6, 6.07) is 0. The second-order valence-electron chi connectivity index (χ2n) is 6.84. The summed E-state index contributed by atoms with van der Waals surface area (Å²) < 4.78 is 45.0. The van der Waals surface area contributed by atoms with Gasteiger partial charge in [-0.15, -0.1) is 0 Å². The number of hydrogen-bond acceptors (Lipinski definition) is 1. The van der Waals surface area contributed by atoms with Crippen LogP contribution < -0.4 is 0 Å². The summed E-state index contributed by atoms with van der Waals surface area (Å²) in [4.78, 5) is 0. The number of hydrogen-bond donors (Lipinski definition) is 0. The topological polar surface area (TPSA) is 9.23 Å². The summed E-state index contributed by atoms with van der Waals surface area (Å²) in [7, 11) is -6.00. The maximum absolute atomic E-state index is 9.75. The summed E-state index contributed by atoms with van der Waals surface area (Å²) in [5, 5.41) is 0. The number of rotatable bonds is 0. The summed E-state index contributed by atoms with van der Waals surface area (Å²) in [5.74, 6) is 0. The van der Waals surface area contributed by atoms with Gasteiger partial charge >= 0.3 is 7.25 Å². The Hall–Kier alpha value is -0.385. The van der Waals surface area contributed by atoms with Crippen LogP contribution in [0.25, 0.3) is 0 Å². The normalized spacial score (nSPS) is 22.5. The van der Waals surface area contributed by atoms with Crippen molar-refractivity contribution in [3.63, 3.8) is 0 Å². The molecule has 0 aromatic carbocycles. The standard InChI is InChI=1S/C12H23O.BF4/c1-10(2,3)9-8-11(4,5)12(6,7)13-9;2-1(3,4)5/h8H2,1-7H3;/q+1;-1. The highest BCUT2D eigenvalue weighted by Gasteiger charge is 2.60. The lowest BCUT2D eigenvalue weighted by Crippen LogP contribution is -2.34. The first-order valence-corrected chi connectivity index (χ1v) is 5.99. The molecule has 1 rings (SSSR count). The summed E-state index contributed by atoms with van der Waals surface area (Å²) >= 11 is 0. The molecular formula is C12H23BF4O. The minimum absolute atomic E-state index is 0.0182. The van der Waals surface area contributed by atoms with Gasteiger partial charge in [0.25, 0.3) is 0 Å². The Bertz CT molecular complexity index is 257. The van der Waals surface area contributed by atoms with E-state index in [4.69, 9.17) is 4.74 Å². The van der Waals surface area contributed by atoms with Gasteiger partial charge in [0.2, 0.25) is 6.10 Å². The molecule has 0 spiro atoms. The van der Waals surface area contributed by atoms with Crippen LogP contribution >= 0.6 is 0 Å². The van der Waals surface area contributed by atoms with E-state index in [1.165, 1.54) is 6.10 Å². The Kier molecular flexibility index (Phi) is 4.84. The zero-order chi connectivity index (χ0) is 15.0. The van der Waals surface area contributed by atoms with E-state index in [2.05, 4.69) is 48.5 Å². The fraction of sp³-hybridized carbons (Fsp3) is 0.917. The minimum atomic E-state index is -6.00. The van der Waals surface area contributed by atoms with E-state index in [0.717, 1.165) is 6.42 Å². The molecule has 0 bridgehead atoms. The van der Waals surface area contributed by atoms with Crippen LogP contribution in [-0.4, -0.2) is 12.9 Å². The third-order valence-corrected chi connectivity index (χ3v) is 3.45. The van der Waals surface area contributed by atoms with Gasteiger partial charge in [-0.05, 0) is 34.6 Å². The molecule has 1 heterocycles. The minimum Gasteiger partial charge on any atom is -0.418 e. The van der Waals surface area contributed by atoms with Gasteiger partial charge in [0.1, 0.15) is 17.4 Å². The highest BCUT2D eigenvalue weighted by molar-refractivity contribution is 6.50. The summed E-state index contributed by atoms with van der Waals surface area (Å²) in [6.45, 7) is 15.6. The van der Waals surface area contributed by atoms with Crippen LogP contribution in [0.4, 0.5) is 17.3 Å². The van der Waals surface area contributed by atoms with Crippen LogP contribution in [0.3, 0.4) is 0 Å². The molecule has 1 aliphatic rings. The number of halogens is 4. The van der Waals surface area contributed by atoms with E-state index in [1.807, 2.05) is 0 Å². The molecular weight excluding hydrogens is 247 g/mol. The first kappa shape index (κ1) is 17.6. The maximum Gasteiger partial charge on any atom is 0.673 e. The van der Waals surface area contributed by atoms with Crippen LogP contribution in [0.2, 0.25) is 0 Å². The predicted octanol–water partition coefficient (Wildman–Crippen LogP) is 5.09. The lowest BCUT2D eigenvalue weighted by atomic mass is 9.73. The molecule has 108 valence electrons. The molecule has 0 aromatic heterocycles. The van der Waals surface area contributed by atoms with E-state index >= 15 is 0 Å². The Balaban J connectivity index is 0.000000494. The van der Waals surface area contributed by atoms with Crippen LogP contribution in [0.15, 0.2) is 0 Å². The first-order valence-electron chi connectivity index (χ1n) is 5.99. The fourth-order valence-corrected chi connectivity index (χ4v) is 1.51. The zero-order valence-electron chi connectivity index (χ0n) is 12.2. The van der Waals surface area contributed by atoms with Crippen LogP contribution in [0.5, 0.6) is 0 Å². The van der Waals surface area contributed by atoms with Crippen LogP contribution in [0.1, 0.15) is 54.9 Å². The van der Waals surface area contributed by atoms with E-state index in [9.17, 15) is 17.3 Å². The second kappa shape index (κ2) is 4.95. The number of ether oxygens (including phenoxy) is 1. The molecule has 0 aromatic rings. The highest BCUT2D eigenvalue weighted by atomic mass is 19.5. The Morgan fingerprint density at radius 2 is 1.33 bits per heavy atom. The summed E-state index contributed by atoms with van der Waals surface area (Å²) in [5.41, 5.74) is 0.427. The molecule has 1 nitrogen and oxygen atoms in total. The van der Waals surface area contributed by atoms with Crippen molar-refractivity contribution < 1.29 is 22.0 Å². The van der Waals surface area contributed by atoms with Crippen molar-refractivity contribution in [1.29, 1.82) is 0 Å². The van der Waals surface area contributed by atoms with Gasteiger partial charge in [-0.3, -0.25) is 0 Å². The van der Waals surface area contributed by atoms with Crippen molar-refractivity contribution in [3.05, 3.63) is 6.10 Å². The van der Waals surface area contributed by atoms with Gasteiger partial charge in [-0.25, -0.2) is 0 Å². The smallest absolute Gasteiger partial charge is 0.418 e. The quantitative estimate of drug-likeness (QED) is 0.338. The molecule has 0 amide bonds. The van der Waals surface area contributed by atoms with Crippen molar-refractivity contribution >= 4 is 7.25 Å². The Morgan fingerprint density at radius 3 is 1.44 bits per heavy atom. The van der Waals surface area contributed by atoms with E-state index < -0.39 is 7.25 Å². The molecule has 18 heavy (non-hydrogen) atoms. The van der Waals surface area contributed by atoms with Crippen molar-refractivity contribution in [2.45, 2.75) is 60.5 Å². The molecule has 1 saturated heterocycles. The average Bonchev–Trinajstić information content (AvgIpc) is 2.15. The van der Waals surface area contributed by atoms with Crippen LogP contribution in [-0.2, 0) is 4.74 Å². The van der Waals surface area contributed by atoms with Gasteiger partial charge in [-0.1, -0.05) is 13.8 Å². The molecule has 0 N–H and O–H groups in total. The monoisotopic (exact) mass is 270 g/mol. The van der Waals surface area contributed by atoms with Crippen molar-refractivity contribution in [2.24, 2.45) is 10.8 Å². The molecule has 6 heteroatoms. The van der Waals surface area contributed by atoms with Gasteiger partial charge in [0.15, 0.2) is 0 Å². The largest absolute Gasteiger partial charge is 0.673 e. The molecule has 0 radical (unpaired) electrons. The van der Waals surface area contributed by atoms with Gasteiger partial charge < -0.3 is 17.3 Å². The molecule has 0 atom stereocenters. The third kappa shape index (κ3) is 5.50. The summed E-state index contributed by atoms with van der Waals surface area (Å²) in [6.07, 6.45) is 2.34. The molecule has 1 fully saturated rings. The van der Waals surface area contributed by atoms with E-state index in [0.29, 0.717) is 0 Å². The highest BCUT2D eigenvalue weighted by Crippen LogP contribution is 2.53. The van der Waals surface area contributed by atoms with E-state index in [1.54, 1.807) is 0 Å². The Morgan fingerprint density at radius 1 is 1.00 bits per heavy atom. The lowest BCUT2D eigenvalue weighted by molar-refractivity contribution is -0.0356. The first-order chi connectivity index (χ1) is 7.56. The lowest BCUT2D eigenvalue weighted by Gasteiger charge is -2.27. The zero-order valence-corrected chi connectivity index (χ0v) is 12.2. The van der Waals surface area contributed by atoms with Gasteiger partial charge in [-0.2, -0.15) is 4.74 Å². The molecule has 0 unspecified atom stereocenters. The molecule has 1 aliphatic heterocycles.